The number of aromatic nitrogens is 1. The van der Waals surface area contributed by atoms with E-state index in [9.17, 15) is 29.6 Å². The number of benzene rings is 1. The number of carbonyl (C=O) groups excluding carboxylic acids is 2. The van der Waals surface area contributed by atoms with E-state index in [2.05, 4.69) is 4.98 Å². The number of nitrogens with zero attached hydrogens (tertiary/aromatic N) is 3. The van der Waals surface area contributed by atoms with Gasteiger partial charge >= 0.3 is 12.1 Å². The van der Waals surface area contributed by atoms with Crippen molar-refractivity contribution in [3.05, 3.63) is 69.0 Å². The van der Waals surface area contributed by atoms with Gasteiger partial charge in [0.1, 0.15) is 17.9 Å². The molecule has 1 fully saturated rings. The largest absolute Gasteiger partial charge is 0.509 e. The third-order valence-electron chi connectivity index (χ3n) is 5.96. The summed E-state index contributed by atoms with van der Waals surface area (Å²) in [4.78, 5) is 53.8. The molecule has 0 unspecified atom stereocenters. The first-order valence-corrected chi connectivity index (χ1v) is 11.6. The Bertz CT molecular complexity index is 1280. The Morgan fingerprint density at radius 3 is 2.61 bits per heavy atom. The van der Waals surface area contributed by atoms with E-state index in [-0.39, 0.29) is 24.4 Å². The number of aliphatic carboxylic acids is 1. The van der Waals surface area contributed by atoms with Crippen LogP contribution in [0.15, 0.2) is 58.2 Å². The van der Waals surface area contributed by atoms with Crippen LogP contribution >= 0.6 is 11.8 Å². The number of nitrogens with two attached hydrogens (primary N) is 1. The Labute approximate surface area is 209 Å². The number of carboxylic acids is 1. The number of ether oxygens (including phenoxy) is 2. The molecule has 36 heavy (non-hydrogen) atoms. The molecule has 1 aromatic heterocycles. The number of nitro benzene ring substituents is 1. The first kappa shape index (κ1) is 25.0. The van der Waals surface area contributed by atoms with Crippen molar-refractivity contribution in [2.45, 2.75) is 43.4 Å². The van der Waals surface area contributed by atoms with Gasteiger partial charge in [0.05, 0.1) is 28.8 Å². The second-order valence-corrected chi connectivity index (χ2v) is 9.85. The minimum atomic E-state index is -1.29. The average Bonchev–Trinajstić information content (AvgIpc) is 3.12. The van der Waals surface area contributed by atoms with Crippen LogP contribution in [0.3, 0.4) is 0 Å². The Kier molecular flexibility index (Phi) is 6.59. The second kappa shape index (κ2) is 9.49. The van der Waals surface area contributed by atoms with Gasteiger partial charge in [-0.2, -0.15) is 0 Å². The lowest BCUT2D eigenvalue weighted by molar-refractivity contribution is -0.384. The van der Waals surface area contributed by atoms with Crippen molar-refractivity contribution < 1.29 is 33.9 Å². The number of hydrogen-bond donors (Lipinski definition) is 2. The standard InChI is InChI=1S/C23H22N4O8S/c1-23(2,35-22(31)34-11-12-3-5-13(6-4-12)27(32)33)18-15-9-17(19(21(29)30)26(15)20(18)28)36-16-7-8-25-10-14(16)24/h3-8,10,15,18H,9,11,24H2,1-2H3,(H,29,30)/t15-,18+/m1/s1. The molecule has 3 N–H and O–H groups in total. The molecule has 2 atom stereocenters. The van der Waals surface area contributed by atoms with Crippen LogP contribution in [-0.2, 0) is 25.7 Å². The predicted octanol–water partition coefficient (Wildman–Crippen LogP) is 3.32. The van der Waals surface area contributed by atoms with Gasteiger partial charge in [-0.25, -0.2) is 9.59 Å². The molecule has 0 bridgehead atoms. The highest BCUT2D eigenvalue weighted by Gasteiger charge is 2.61. The van der Waals surface area contributed by atoms with Gasteiger partial charge in [-0.3, -0.25) is 19.9 Å². The molecular weight excluding hydrogens is 492 g/mol. The number of rotatable bonds is 8. The fraction of sp³-hybridized carbons (Fsp3) is 0.304. The molecule has 2 aliphatic rings. The quantitative estimate of drug-likeness (QED) is 0.229. The zero-order chi connectivity index (χ0) is 26.2. The highest BCUT2D eigenvalue weighted by atomic mass is 32.2. The number of carboxylic acid groups (broad SMARTS) is 1. The highest BCUT2D eigenvalue weighted by molar-refractivity contribution is 8.03. The van der Waals surface area contributed by atoms with E-state index in [0.29, 0.717) is 21.1 Å². The van der Waals surface area contributed by atoms with E-state index in [1.165, 1.54) is 41.6 Å². The maximum atomic E-state index is 13.0. The van der Waals surface area contributed by atoms with Gasteiger partial charge in [0, 0.05) is 34.6 Å². The van der Waals surface area contributed by atoms with Crippen molar-refractivity contribution in [1.82, 2.24) is 9.88 Å². The summed E-state index contributed by atoms with van der Waals surface area (Å²) in [5.41, 5.74) is 5.35. The Balaban J connectivity index is 1.42. The van der Waals surface area contributed by atoms with Crippen molar-refractivity contribution in [1.29, 1.82) is 0 Å². The second-order valence-electron chi connectivity index (χ2n) is 8.72. The van der Waals surface area contributed by atoms with E-state index >= 15 is 0 Å². The van der Waals surface area contributed by atoms with Crippen LogP contribution in [0.25, 0.3) is 0 Å². The maximum Gasteiger partial charge on any atom is 0.509 e. The van der Waals surface area contributed by atoms with Gasteiger partial charge in [-0.1, -0.05) is 11.8 Å². The number of nitro groups is 1. The monoisotopic (exact) mass is 514 g/mol. The Morgan fingerprint density at radius 2 is 2.00 bits per heavy atom. The van der Waals surface area contributed by atoms with Gasteiger partial charge in [0.25, 0.3) is 5.69 Å². The topological polar surface area (TPSA) is 175 Å². The summed E-state index contributed by atoms with van der Waals surface area (Å²) in [6.45, 7) is 2.94. The third kappa shape index (κ3) is 4.69. The molecule has 2 aromatic rings. The third-order valence-corrected chi connectivity index (χ3v) is 7.16. The number of hydrogen-bond acceptors (Lipinski definition) is 10. The number of anilines is 1. The highest BCUT2D eigenvalue weighted by Crippen LogP contribution is 2.51. The van der Waals surface area contributed by atoms with E-state index in [4.69, 9.17) is 15.2 Å². The smallest absolute Gasteiger partial charge is 0.477 e. The molecule has 1 aromatic carbocycles. The van der Waals surface area contributed by atoms with Gasteiger partial charge in [-0.05, 0) is 37.6 Å². The average molecular weight is 515 g/mol. The molecule has 0 aliphatic carbocycles. The van der Waals surface area contributed by atoms with E-state index in [0.717, 1.165) is 11.8 Å². The lowest BCUT2D eigenvalue weighted by Gasteiger charge is -2.49. The fourth-order valence-corrected chi connectivity index (χ4v) is 5.41. The number of nitrogen functional groups attached to an aromatic ring is 1. The molecule has 13 heteroatoms. The number of carbonyl (C=O) groups is 3. The number of β-lactam (4-membered cyclic amide) rings is 1. The van der Waals surface area contributed by atoms with Gasteiger partial charge in [0.15, 0.2) is 0 Å². The van der Waals surface area contributed by atoms with E-state index in [1.807, 2.05) is 0 Å². The molecule has 1 saturated heterocycles. The lowest BCUT2D eigenvalue weighted by atomic mass is 9.76. The molecule has 0 saturated carbocycles. The number of thioether (sulfide) groups is 1. The summed E-state index contributed by atoms with van der Waals surface area (Å²) in [7, 11) is 0. The summed E-state index contributed by atoms with van der Waals surface area (Å²) < 4.78 is 10.6. The summed E-state index contributed by atoms with van der Waals surface area (Å²) in [5, 5.41) is 20.5. The number of pyridine rings is 1. The zero-order valence-corrected chi connectivity index (χ0v) is 20.1. The summed E-state index contributed by atoms with van der Waals surface area (Å²) in [5.74, 6) is -2.49. The van der Waals surface area contributed by atoms with Crippen molar-refractivity contribution in [2.24, 2.45) is 5.92 Å². The summed E-state index contributed by atoms with van der Waals surface area (Å²) in [6, 6.07) is 6.64. The van der Waals surface area contributed by atoms with Crippen LogP contribution in [0.5, 0.6) is 0 Å². The Morgan fingerprint density at radius 1 is 1.31 bits per heavy atom. The first-order valence-electron chi connectivity index (χ1n) is 10.8. The molecule has 1 amide bonds. The minimum Gasteiger partial charge on any atom is -0.477 e. The van der Waals surface area contributed by atoms with Crippen LogP contribution < -0.4 is 5.73 Å². The maximum absolute atomic E-state index is 13.0. The van der Waals surface area contributed by atoms with Gasteiger partial charge < -0.3 is 25.2 Å². The van der Waals surface area contributed by atoms with Crippen LogP contribution in [0.1, 0.15) is 25.8 Å². The number of fused-ring (bicyclic) bond motifs is 1. The van der Waals surface area contributed by atoms with Crippen LogP contribution in [0.4, 0.5) is 16.2 Å². The van der Waals surface area contributed by atoms with Crippen molar-refractivity contribution in [2.75, 3.05) is 5.73 Å². The Hall–Kier alpha value is -4.13. The fourth-order valence-electron chi connectivity index (χ4n) is 4.31. The van der Waals surface area contributed by atoms with E-state index < -0.39 is 40.5 Å². The minimum absolute atomic E-state index is 0.0921. The number of non-ortho nitro benzene ring substituents is 1. The molecule has 188 valence electrons. The van der Waals surface area contributed by atoms with Crippen LogP contribution in [-0.4, -0.2) is 49.6 Å². The van der Waals surface area contributed by atoms with E-state index in [1.54, 1.807) is 19.9 Å². The molecule has 4 rings (SSSR count). The SMILES string of the molecule is CC(C)(OC(=O)OCc1ccc([N+](=O)[O-])cc1)[C@@H]1C(=O)N2C(C(=O)O)=C(Sc3ccncc3N)C[C@H]12. The van der Waals surface area contributed by atoms with Crippen LogP contribution in [0.2, 0.25) is 0 Å². The molecule has 12 nitrogen and oxygen atoms in total. The van der Waals surface area contributed by atoms with Crippen molar-refractivity contribution >= 4 is 41.2 Å². The summed E-state index contributed by atoms with van der Waals surface area (Å²) >= 11 is 1.16. The van der Waals surface area contributed by atoms with Crippen molar-refractivity contribution in [3.8, 4) is 0 Å². The normalized spacial score (nSPS) is 18.9. The lowest BCUT2D eigenvalue weighted by Crippen LogP contribution is -2.66. The predicted molar refractivity (Wildman–Crippen MR) is 126 cm³/mol. The van der Waals surface area contributed by atoms with Gasteiger partial charge in [-0.15, -0.1) is 0 Å². The molecule has 0 spiro atoms. The molecule has 0 radical (unpaired) electrons. The first-order chi connectivity index (χ1) is 17.0. The van der Waals surface area contributed by atoms with Crippen molar-refractivity contribution in [3.63, 3.8) is 0 Å². The molecular formula is C23H22N4O8S. The molecule has 2 aliphatic heterocycles. The zero-order valence-electron chi connectivity index (χ0n) is 19.2. The number of amides is 1. The van der Waals surface area contributed by atoms with Crippen LogP contribution in [0, 0.1) is 16.0 Å². The van der Waals surface area contributed by atoms with Gasteiger partial charge in [0.2, 0.25) is 5.91 Å². The molecule has 3 heterocycles. The summed E-state index contributed by atoms with van der Waals surface area (Å²) in [6.07, 6.45) is 2.24.